The van der Waals surface area contributed by atoms with Gasteiger partial charge in [0, 0.05) is 54.6 Å². The van der Waals surface area contributed by atoms with Gasteiger partial charge in [0.1, 0.15) is 11.5 Å². The Morgan fingerprint density at radius 2 is 1.75 bits per heavy atom. The van der Waals surface area contributed by atoms with Crippen molar-refractivity contribution in [1.82, 2.24) is 9.47 Å². The molecule has 1 saturated heterocycles. The van der Waals surface area contributed by atoms with Crippen LogP contribution in [0.4, 0.5) is 0 Å². The van der Waals surface area contributed by atoms with Gasteiger partial charge >= 0.3 is 0 Å². The highest BCUT2D eigenvalue weighted by molar-refractivity contribution is 5.87. The van der Waals surface area contributed by atoms with E-state index in [0.717, 1.165) is 43.0 Å². The average Bonchev–Trinajstić information content (AvgIpc) is 3.35. The molecule has 0 radical (unpaired) electrons. The van der Waals surface area contributed by atoms with Crippen LogP contribution in [0, 0.1) is 10.8 Å². The number of hydrogen-bond donors (Lipinski definition) is 0. The number of aryl methyl sites for hydroxylation is 1. The van der Waals surface area contributed by atoms with E-state index in [2.05, 4.69) is 79.8 Å². The number of benzene rings is 2. The fourth-order valence-corrected chi connectivity index (χ4v) is 7.30. The molecule has 192 valence electrons. The summed E-state index contributed by atoms with van der Waals surface area (Å²) < 4.78 is 13.5. The SMILES string of the molecule is CCn1cc([C@@H](CC(=O)N2C[C@@]3(C)C[C@H]2CC(C)(C)C3)c2cc(OC)cc(OC)c2)c2ccccc21. The van der Waals surface area contributed by atoms with Crippen LogP contribution in [-0.4, -0.2) is 42.2 Å². The zero-order valence-corrected chi connectivity index (χ0v) is 22.6. The smallest absolute Gasteiger partial charge is 0.223 e. The first-order chi connectivity index (χ1) is 17.1. The van der Waals surface area contributed by atoms with Crippen molar-refractivity contribution in [1.29, 1.82) is 0 Å². The van der Waals surface area contributed by atoms with Gasteiger partial charge in [-0.15, -0.1) is 0 Å². The van der Waals surface area contributed by atoms with Crippen LogP contribution >= 0.6 is 0 Å². The Morgan fingerprint density at radius 1 is 1.06 bits per heavy atom. The van der Waals surface area contributed by atoms with E-state index < -0.39 is 0 Å². The van der Waals surface area contributed by atoms with Crippen LogP contribution in [0.5, 0.6) is 11.5 Å². The molecule has 2 aliphatic rings. The number of nitrogens with zero attached hydrogens (tertiary/aromatic N) is 2. The van der Waals surface area contributed by atoms with Gasteiger partial charge in [0.05, 0.1) is 14.2 Å². The van der Waals surface area contributed by atoms with Crippen molar-refractivity contribution in [3.05, 3.63) is 59.8 Å². The number of rotatable bonds is 7. The van der Waals surface area contributed by atoms with Gasteiger partial charge in [-0.1, -0.05) is 39.0 Å². The molecule has 1 aliphatic carbocycles. The minimum atomic E-state index is -0.0968. The van der Waals surface area contributed by atoms with Gasteiger partial charge < -0.3 is 18.9 Å². The predicted molar refractivity (Wildman–Crippen MR) is 145 cm³/mol. The summed E-state index contributed by atoms with van der Waals surface area (Å²) in [6.45, 7) is 11.0. The molecular formula is C31H40N2O3. The van der Waals surface area contributed by atoms with Crippen molar-refractivity contribution in [2.45, 2.75) is 71.9 Å². The molecule has 2 aromatic carbocycles. The van der Waals surface area contributed by atoms with E-state index in [0.29, 0.717) is 12.5 Å². The van der Waals surface area contributed by atoms with Crippen LogP contribution in [0.3, 0.4) is 0 Å². The molecule has 3 aromatic rings. The molecule has 5 heteroatoms. The number of para-hydroxylation sites is 1. The van der Waals surface area contributed by atoms with Gasteiger partial charge in [-0.2, -0.15) is 0 Å². The van der Waals surface area contributed by atoms with Crippen molar-refractivity contribution in [3.8, 4) is 11.5 Å². The third-order valence-electron chi connectivity index (χ3n) is 8.43. The summed E-state index contributed by atoms with van der Waals surface area (Å²) >= 11 is 0. The van der Waals surface area contributed by atoms with E-state index >= 15 is 0 Å². The molecule has 1 aromatic heterocycles. The zero-order valence-electron chi connectivity index (χ0n) is 22.6. The summed E-state index contributed by atoms with van der Waals surface area (Å²) in [5.74, 6) is 1.64. The van der Waals surface area contributed by atoms with E-state index in [4.69, 9.17) is 9.47 Å². The molecular weight excluding hydrogens is 448 g/mol. The minimum Gasteiger partial charge on any atom is -0.497 e. The van der Waals surface area contributed by atoms with Crippen molar-refractivity contribution in [2.75, 3.05) is 20.8 Å². The molecule has 5 nitrogen and oxygen atoms in total. The third kappa shape index (κ3) is 4.49. The predicted octanol–water partition coefficient (Wildman–Crippen LogP) is 6.63. The zero-order chi connectivity index (χ0) is 25.7. The van der Waals surface area contributed by atoms with Crippen molar-refractivity contribution < 1.29 is 14.3 Å². The van der Waals surface area contributed by atoms with Gasteiger partial charge in [0.15, 0.2) is 0 Å². The highest BCUT2D eigenvalue weighted by Gasteiger charge is 2.51. The van der Waals surface area contributed by atoms with Crippen LogP contribution < -0.4 is 9.47 Å². The normalized spacial score (nSPS) is 23.6. The van der Waals surface area contributed by atoms with Gasteiger partial charge in [-0.05, 0) is 66.3 Å². The number of carbonyl (C=O) groups excluding carboxylic acids is 1. The van der Waals surface area contributed by atoms with Gasteiger partial charge in [-0.3, -0.25) is 4.79 Å². The lowest BCUT2D eigenvalue weighted by molar-refractivity contribution is -0.132. The first kappa shape index (κ1) is 24.7. The summed E-state index contributed by atoms with van der Waals surface area (Å²) in [6.07, 6.45) is 6.05. The van der Waals surface area contributed by atoms with E-state index in [-0.39, 0.29) is 22.7 Å². The van der Waals surface area contributed by atoms with Gasteiger partial charge in [0.2, 0.25) is 5.91 Å². The quantitative estimate of drug-likeness (QED) is 0.375. The molecule has 0 unspecified atom stereocenters. The molecule has 1 amide bonds. The lowest BCUT2D eigenvalue weighted by Gasteiger charge is -2.39. The lowest BCUT2D eigenvalue weighted by atomic mass is 9.65. The number of amides is 1. The number of aromatic nitrogens is 1. The summed E-state index contributed by atoms with van der Waals surface area (Å²) in [6, 6.07) is 14.9. The maximum Gasteiger partial charge on any atom is 0.223 e. The molecule has 36 heavy (non-hydrogen) atoms. The van der Waals surface area contributed by atoms with Crippen molar-refractivity contribution in [2.24, 2.45) is 10.8 Å². The molecule has 3 atom stereocenters. The Kier molecular flexibility index (Phi) is 6.30. The van der Waals surface area contributed by atoms with Crippen LogP contribution in [0.25, 0.3) is 10.9 Å². The molecule has 5 rings (SSSR count). The van der Waals surface area contributed by atoms with E-state index in [1.54, 1.807) is 14.2 Å². The number of ether oxygens (including phenoxy) is 2. The van der Waals surface area contributed by atoms with Crippen LogP contribution in [0.1, 0.15) is 70.4 Å². The Morgan fingerprint density at radius 3 is 2.42 bits per heavy atom. The van der Waals surface area contributed by atoms with Crippen molar-refractivity contribution in [3.63, 3.8) is 0 Å². The topological polar surface area (TPSA) is 43.7 Å². The minimum absolute atomic E-state index is 0.0968. The fraction of sp³-hybridized carbons (Fsp3) is 0.516. The molecule has 0 N–H and O–H groups in total. The largest absolute Gasteiger partial charge is 0.497 e. The third-order valence-corrected chi connectivity index (χ3v) is 8.43. The first-order valence-corrected chi connectivity index (χ1v) is 13.3. The number of hydrogen-bond acceptors (Lipinski definition) is 3. The van der Waals surface area contributed by atoms with Gasteiger partial charge in [-0.25, -0.2) is 0 Å². The number of methoxy groups -OCH3 is 2. The summed E-state index contributed by atoms with van der Waals surface area (Å²) in [7, 11) is 3.35. The maximum atomic E-state index is 14.1. The van der Waals surface area contributed by atoms with E-state index in [1.807, 2.05) is 6.07 Å². The van der Waals surface area contributed by atoms with Crippen LogP contribution in [0.2, 0.25) is 0 Å². The van der Waals surface area contributed by atoms with Gasteiger partial charge in [0.25, 0.3) is 0 Å². The van der Waals surface area contributed by atoms with E-state index in [1.165, 1.54) is 22.9 Å². The summed E-state index contributed by atoms with van der Waals surface area (Å²) in [5.41, 5.74) is 3.93. The second-order valence-corrected chi connectivity index (χ2v) is 12.0. The van der Waals surface area contributed by atoms with Crippen LogP contribution in [-0.2, 0) is 11.3 Å². The van der Waals surface area contributed by atoms with E-state index in [9.17, 15) is 4.79 Å². The maximum absolute atomic E-state index is 14.1. The number of fused-ring (bicyclic) bond motifs is 3. The molecule has 2 bridgehead atoms. The van der Waals surface area contributed by atoms with Crippen molar-refractivity contribution >= 4 is 16.8 Å². The molecule has 2 fully saturated rings. The second kappa shape index (κ2) is 9.17. The van der Waals surface area contributed by atoms with Crippen LogP contribution in [0.15, 0.2) is 48.7 Å². The average molecular weight is 489 g/mol. The summed E-state index contributed by atoms with van der Waals surface area (Å²) in [5, 5.41) is 1.20. The Balaban J connectivity index is 1.57. The number of carbonyl (C=O) groups is 1. The monoisotopic (exact) mass is 488 g/mol. The summed E-state index contributed by atoms with van der Waals surface area (Å²) in [4.78, 5) is 16.3. The highest BCUT2D eigenvalue weighted by atomic mass is 16.5. The second-order valence-electron chi connectivity index (χ2n) is 12.0. The Labute approximate surface area is 215 Å². The molecule has 2 heterocycles. The first-order valence-electron chi connectivity index (χ1n) is 13.3. The fourth-order valence-electron chi connectivity index (χ4n) is 7.30. The molecule has 1 saturated carbocycles. The standard InChI is InChI=1S/C31H40N2O3/c1-7-32-18-27(25-10-8-9-11-28(25)32)26(21-12-23(35-5)14-24(13-21)36-6)15-29(34)33-20-31(4)17-22(33)16-30(2,3)19-31/h8-14,18,22,26H,7,15-17,19-20H2,1-6H3/t22-,26+,31+/m1/s1. The number of likely N-dealkylation sites (tertiary alicyclic amines) is 1. The molecule has 0 spiro atoms. The lowest BCUT2D eigenvalue weighted by Crippen LogP contribution is -2.38. The Hall–Kier alpha value is -2.95. The highest BCUT2D eigenvalue weighted by Crippen LogP contribution is 2.53. The Bertz CT molecular complexity index is 1250. The molecule has 1 aliphatic heterocycles.